The first-order valence-corrected chi connectivity index (χ1v) is 11.4. The normalized spacial score (nSPS) is 11.4. The number of aryl methyl sites for hydroxylation is 1. The number of carbonyl (C=O) groups is 1. The molecule has 3 aromatic rings. The minimum absolute atomic E-state index is 0.186. The van der Waals surface area contributed by atoms with Crippen molar-refractivity contribution in [3.8, 4) is 0 Å². The number of halogens is 1. The molecule has 0 atom stereocenters. The number of rotatable bonds is 7. The molecule has 0 saturated carbocycles. The van der Waals surface area contributed by atoms with Crippen molar-refractivity contribution in [3.63, 3.8) is 0 Å². The van der Waals surface area contributed by atoms with Gasteiger partial charge in [0.2, 0.25) is 15.2 Å². The van der Waals surface area contributed by atoms with Gasteiger partial charge >= 0.3 is 0 Å². The van der Waals surface area contributed by atoms with E-state index in [1.54, 1.807) is 48.5 Å². The number of nitrogens with one attached hydrogen (secondary N) is 2. The largest absolute Gasteiger partial charge is 0.296 e. The summed E-state index contributed by atoms with van der Waals surface area (Å²) >= 11 is 4.53. The lowest BCUT2D eigenvalue weighted by molar-refractivity contribution is 0.102. The minimum atomic E-state index is -3.57. The number of carbonyl (C=O) groups excluding carboxylic acids is 1. The van der Waals surface area contributed by atoms with E-state index in [1.807, 2.05) is 6.92 Å². The Hall–Kier alpha value is -2.14. The molecule has 3 rings (SSSR count). The third kappa shape index (κ3) is 5.44. The molecule has 0 radical (unpaired) electrons. The highest BCUT2D eigenvalue weighted by Crippen LogP contribution is 2.18. The first kappa shape index (κ1) is 20.6. The van der Waals surface area contributed by atoms with Gasteiger partial charge in [0, 0.05) is 23.0 Å². The average Bonchev–Trinajstić information content (AvgIpc) is 3.09. The highest BCUT2D eigenvalue weighted by atomic mass is 79.9. The number of sulfonamides is 1. The summed E-state index contributed by atoms with van der Waals surface area (Å²) in [5.41, 5.74) is 1.50. The lowest BCUT2D eigenvalue weighted by Gasteiger charge is -2.05. The van der Waals surface area contributed by atoms with Crippen LogP contribution in [0.15, 0.2) is 57.9 Å². The van der Waals surface area contributed by atoms with E-state index in [1.165, 1.54) is 11.3 Å². The summed E-state index contributed by atoms with van der Waals surface area (Å²) in [5, 5.41) is 11.6. The van der Waals surface area contributed by atoms with Gasteiger partial charge in [0.15, 0.2) is 0 Å². The maximum absolute atomic E-state index is 12.3. The zero-order valence-corrected chi connectivity index (χ0v) is 18.1. The van der Waals surface area contributed by atoms with Crippen LogP contribution in [0.2, 0.25) is 0 Å². The highest BCUT2D eigenvalue weighted by Gasteiger charge is 2.14. The van der Waals surface area contributed by atoms with Crippen LogP contribution in [-0.2, 0) is 16.4 Å². The van der Waals surface area contributed by atoms with Crippen LogP contribution in [0.5, 0.6) is 0 Å². The third-order valence-electron chi connectivity index (χ3n) is 3.76. The van der Waals surface area contributed by atoms with Crippen LogP contribution in [0.1, 0.15) is 20.9 Å². The van der Waals surface area contributed by atoms with Crippen molar-refractivity contribution in [3.05, 3.63) is 69.1 Å². The van der Waals surface area contributed by atoms with Gasteiger partial charge < -0.3 is 0 Å². The smallest absolute Gasteiger partial charge is 0.257 e. The molecule has 0 aliphatic heterocycles. The maximum Gasteiger partial charge on any atom is 0.257 e. The molecule has 0 bridgehead atoms. The maximum atomic E-state index is 12.3. The fourth-order valence-electron chi connectivity index (χ4n) is 2.27. The van der Waals surface area contributed by atoms with Crippen molar-refractivity contribution >= 4 is 48.3 Å². The highest BCUT2D eigenvalue weighted by molar-refractivity contribution is 9.10. The van der Waals surface area contributed by atoms with Gasteiger partial charge in [-0.25, -0.2) is 13.1 Å². The van der Waals surface area contributed by atoms with Gasteiger partial charge in [-0.15, -0.1) is 10.2 Å². The summed E-state index contributed by atoms with van der Waals surface area (Å²) in [6.45, 7) is 2.08. The van der Waals surface area contributed by atoms with Gasteiger partial charge in [-0.05, 0) is 43.3 Å². The van der Waals surface area contributed by atoms with Crippen LogP contribution < -0.4 is 10.0 Å². The first-order chi connectivity index (χ1) is 13.3. The molecule has 28 heavy (non-hydrogen) atoms. The van der Waals surface area contributed by atoms with Crippen molar-refractivity contribution < 1.29 is 13.2 Å². The van der Waals surface area contributed by atoms with Gasteiger partial charge in [0.1, 0.15) is 5.01 Å². The molecule has 10 heteroatoms. The Bertz CT molecular complexity index is 1060. The van der Waals surface area contributed by atoms with Gasteiger partial charge in [0.05, 0.1) is 4.90 Å². The van der Waals surface area contributed by atoms with Gasteiger partial charge in [-0.3, -0.25) is 10.1 Å². The van der Waals surface area contributed by atoms with E-state index in [4.69, 9.17) is 0 Å². The number of hydrogen-bond acceptors (Lipinski definition) is 6. The quantitative estimate of drug-likeness (QED) is 0.539. The molecule has 146 valence electrons. The van der Waals surface area contributed by atoms with Crippen LogP contribution >= 0.6 is 27.3 Å². The fourth-order valence-corrected chi connectivity index (χ4v) is 4.30. The number of hydrogen-bond donors (Lipinski definition) is 2. The summed E-state index contributed by atoms with van der Waals surface area (Å²) < 4.78 is 28.0. The molecular formula is C18H17BrN4O3S2. The Balaban J connectivity index is 1.54. The predicted molar refractivity (Wildman–Crippen MR) is 112 cm³/mol. The zero-order valence-electron chi connectivity index (χ0n) is 14.8. The summed E-state index contributed by atoms with van der Waals surface area (Å²) in [7, 11) is -3.57. The summed E-state index contributed by atoms with van der Waals surface area (Å²) in [6, 6.07) is 13.6. The fraction of sp³-hybridized carbons (Fsp3) is 0.167. The molecule has 2 N–H and O–H groups in total. The van der Waals surface area contributed by atoms with E-state index in [-0.39, 0.29) is 17.3 Å². The zero-order chi connectivity index (χ0) is 20.1. The minimum Gasteiger partial charge on any atom is -0.296 e. The predicted octanol–water partition coefficient (Wildman–Crippen LogP) is 3.38. The van der Waals surface area contributed by atoms with Gasteiger partial charge in [-0.2, -0.15) is 0 Å². The Morgan fingerprint density at radius 2 is 1.75 bits per heavy atom. The van der Waals surface area contributed by atoms with Crippen LogP contribution in [-0.4, -0.2) is 31.1 Å². The molecule has 0 spiro atoms. The molecular weight excluding hydrogens is 464 g/mol. The third-order valence-corrected chi connectivity index (χ3v) is 6.66. The van der Waals surface area contributed by atoms with Crippen molar-refractivity contribution in [2.75, 3.05) is 11.9 Å². The standard InChI is InChI=1S/C18H17BrN4O3S2/c1-12-2-8-15(9-3-12)28(25,26)20-11-10-16-22-23-18(27-16)21-17(24)13-4-6-14(19)7-5-13/h2-9,20H,10-11H2,1H3,(H,21,23,24). The van der Waals surface area contributed by atoms with Crippen molar-refractivity contribution in [1.82, 2.24) is 14.9 Å². The van der Waals surface area contributed by atoms with Crippen molar-refractivity contribution in [2.45, 2.75) is 18.2 Å². The molecule has 0 aliphatic rings. The van der Waals surface area contributed by atoms with Crippen molar-refractivity contribution in [2.24, 2.45) is 0 Å². The molecule has 0 fully saturated rings. The van der Waals surface area contributed by atoms with E-state index in [0.717, 1.165) is 10.0 Å². The molecule has 0 aliphatic carbocycles. The second-order valence-corrected chi connectivity index (χ2v) is 9.67. The number of amides is 1. The Morgan fingerprint density at radius 3 is 2.43 bits per heavy atom. The number of nitrogens with zero attached hydrogens (tertiary/aromatic N) is 2. The molecule has 7 nitrogen and oxygen atoms in total. The van der Waals surface area contributed by atoms with E-state index >= 15 is 0 Å². The monoisotopic (exact) mass is 480 g/mol. The van der Waals surface area contributed by atoms with E-state index in [2.05, 4.69) is 36.2 Å². The van der Waals surface area contributed by atoms with Gasteiger partial charge in [0.25, 0.3) is 5.91 Å². The van der Waals surface area contributed by atoms with Crippen LogP contribution in [0.3, 0.4) is 0 Å². The molecule has 0 saturated heterocycles. The van der Waals surface area contributed by atoms with E-state index in [9.17, 15) is 13.2 Å². The molecule has 1 amide bonds. The number of benzene rings is 2. The van der Waals surface area contributed by atoms with Crippen LogP contribution in [0.25, 0.3) is 0 Å². The van der Waals surface area contributed by atoms with Crippen LogP contribution in [0.4, 0.5) is 5.13 Å². The summed E-state index contributed by atoms with van der Waals surface area (Å²) in [6.07, 6.45) is 0.372. The Morgan fingerprint density at radius 1 is 1.07 bits per heavy atom. The Kier molecular flexibility index (Phi) is 6.55. The summed E-state index contributed by atoms with van der Waals surface area (Å²) in [5.74, 6) is -0.282. The van der Waals surface area contributed by atoms with Crippen molar-refractivity contribution in [1.29, 1.82) is 0 Å². The average molecular weight is 481 g/mol. The number of aromatic nitrogens is 2. The lowest BCUT2D eigenvalue weighted by atomic mass is 10.2. The molecule has 0 unspecified atom stereocenters. The molecule has 1 heterocycles. The second-order valence-electron chi connectivity index (χ2n) is 5.92. The lowest BCUT2D eigenvalue weighted by Crippen LogP contribution is -2.25. The van der Waals surface area contributed by atoms with E-state index < -0.39 is 10.0 Å². The second kappa shape index (κ2) is 8.91. The topological polar surface area (TPSA) is 101 Å². The first-order valence-electron chi connectivity index (χ1n) is 8.29. The van der Waals surface area contributed by atoms with Crippen LogP contribution in [0, 0.1) is 6.92 Å². The molecule has 1 aromatic heterocycles. The summed E-state index contributed by atoms with van der Waals surface area (Å²) in [4.78, 5) is 12.4. The SMILES string of the molecule is Cc1ccc(S(=O)(=O)NCCc2nnc(NC(=O)c3ccc(Br)cc3)s2)cc1. The van der Waals surface area contributed by atoms with E-state index in [0.29, 0.717) is 22.1 Å². The number of anilines is 1. The van der Waals surface area contributed by atoms with Gasteiger partial charge in [-0.1, -0.05) is 45.0 Å². The molecule has 2 aromatic carbocycles. The Labute approximate surface area is 175 Å².